The average molecular weight is 334 g/mol. The minimum atomic E-state index is 0.771. The Morgan fingerprint density at radius 1 is 1.28 bits per heavy atom. The molecule has 4 heteroatoms. The lowest BCUT2D eigenvalue weighted by Crippen LogP contribution is -2.27. The number of nitrogens with zero attached hydrogens (tertiary/aromatic N) is 1. The average Bonchev–Trinajstić information content (AvgIpc) is 2.36. The maximum Gasteiger partial charge on any atom is 0.0417 e. The van der Waals surface area contributed by atoms with Crippen molar-refractivity contribution < 1.29 is 0 Å². The maximum absolute atomic E-state index is 5.91. The number of hydrogen-bond donors (Lipinski definition) is 1. The minimum absolute atomic E-state index is 0.771. The molecule has 0 aromatic heterocycles. The van der Waals surface area contributed by atoms with Crippen LogP contribution in [0.2, 0.25) is 5.02 Å². The van der Waals surface area contributed by atoms with Crippen LogP contribution in [0.15, 0.2) is 22.7 Å². The Kier molecular flexibility index (Phi) is 7.91. The molecular weight excluding hydrogens is 312 g/mol. The number of benzene rings is 1. The van der Waals surface area contributed by atoms with Crippen LogP contribution in [-0.4, -0.2) is 31.1 Å². The van der Waals surface area contributed by atoms with E-state index >= 15 is 0 Å². The molecule has 0 aliphatic heterocycles. The molecule has 0 atom stereocenters. The van der Waals surface area contributed by atoms with Gasteiger partial charge >= 0.3 is 0 Å². The van der Waals surface area contributed by atoms with Crippen LogP contribution >= 0.6 is 27.5 Å². The van der Waals surface area contributed by atoms with Crippen molar-refractivity contribution in [2.45, 2.75) is 26.8 Å². The molecule has 0 saturated carbocycles. The molecule has 102 valence electrons. The summed E-state index contributed by atoms with van der Waals surface area (Å²) in [5, 5.41) is 4.24. The van der Waals surface area contributed by atoms with E-state index < -0.39 is 0 Å². The third-order valence-corrected chi connectivity index (χ3v) is 4.03. The third-order valence-electron chi connectivity index (χ3n) is 3.05. The summed E-state index contributed by atoms with van der Waals surface area (Å²) in [6, 6.07) is 5.93. The van der Waals surface area contributed by atoms with E-state index in [4.69, 9.17) is 11.6 Å². The van der Waals surface area contributed by atoms with Crippen LogP contribution in [0.5, 0.6) is 0 Å². The molecule has 18 heavy (non-hydrogen) atoms. The van der Waals surface area contributed by atoms with E-state index in [1.807, 2.05) is 12.1 Å². The zero-order valence-corrected chi connectivity index (χ0v) is 13.5. The van der Waals surface area contributed by atoms with Gasteiger partial charge in [-0.25, -0.2) is 0 Å². The van der Waals surface area contributed by atoms with Crippen molar-refractivity contribution in [1.29, 1.82) is 0 Å². The van der Waals surface area contributed by atoms with Crippen LogP contribution in [0, 0.1) is 0 Å². The zero-order valence-electron chi connectivity index (χ0n) is 11.2. The van der Waals surface area contributed by atoms with Crippen LogP contribution in [0.4, 0.5) is 0 Å². The van der Waals surface area contributed by atoms with Gasteiger partial charge in [-0.2, -0.15) is 0 Å². The first-order valence-corrected chi connectivity index (χ1v) is 7.71. The Hall–Kier alpha value is -0.0900. The van der Waals surface area contributed by atoms with Gasteiger partial charge in [0.15, 0.2) is 0 Å². The highest BCUT2D eigenvalue weighted by Gasteiger charge is 2.01. The smallest absolute Gasteiger partial charge is 0.0417 e. The first-order chi connectivity index (χ1) is 8.67. The normalized spacial score (nSPS) is 11.2. The van der Waals surface area contributed by atoms with E-state index in [0.29, 0.717) is 0 Å². The molecule has 1 N–H and O–H groups in total. The molecule has 1 aromatic carbocycles. The molecule has 0 spiro atoms. The molecule has 2 nitrogen and oxygen atoms in total. The largest absolute Gasteiger partial charge is 0.313 e. The van der Waals surface area contributed by atoms with Gasteiger partial charge in [0.05, 0.1) is 0 Å². The van der Waals surface area contributed by atoms with Crippen molar-refractivity contribution in [3.05, 3.63) is 33.3 Å². The van der Waals surface area contributed by atoms with Gasteiger partial charge in [-0.3, -0.25) is 0 Å². The standard InChI is InChI=1S/C14H22BrClN2/c1-3-18(4-2)9-5-8-17-11-12-6-7-13(16)10-14(12)15/h6-7,10,17H,3-5,8-9,11H2,1-2H3. The van der Waals surface area contributed by atoms with E-state index in [1.165, 1.54) is 18.5 Å². The fraction of sp³-hybridized carbons (Fsp3) is 0.571. The molecule has 0 radical (unpaired) electrons. The number of nitrogens with one attached hydrogen (secondary N) is 1. The molecule has 0 aliphatic rings. The number of hydrogen-bond acceptors (Lipinski definition) is 2. The lowest BCUT2D eigenvalue weighted by atomic mass is 10.2. The number of rotatable bonds is 8. The zero-order chi connectivity index (χ0) is 13.4. The van der Waals surface area contributed by atoms with Crippen LogP contribution in [0.3, 0.4) is 0 Å². The van der Waals surface area contributed by atoms with Gasteiger partial charge in [-0.15, -0.1) is 0 Å². The van der Waals surface area contributed by atoms with Crippen LogP contribution < -0.4 is 5.32 Å². The van der Waals surface area contributed by atoms with E-state index in [2.05, 4.69) is 46.1 Å². The minimum Gasteiger partial charge on any atom is -0.313 e. The van der Waals surface area contributed by atoms with Crippen molar-refractivity contribution in [3.63, 3.8) is 0 Å². The third kappa shape index (κ3) is 5.70. The predicted molar refractivity (Wildman–Crippen MR) is 83.3 cm³/mol. The molecule has 0 heterocycles. The highest BCUT2D eigenvalue weighted by Crippen LogP contribution is 2.21. The van der Waals surface area contributed by atoms with Gasteiger partial charge in [-0.05, 0) is 50.3 Å². The summed E-state index contributed by atoms with van der Waals surface area (Å²) in [6.07, 6.45) is 1.19. The Morgan fingerprint density at radius 2 is 2.00 bits per heavy atom. The summed E-state index contributed by atoms with van der Waals surface area (Å²) < 4.78 is 1.08. The highest BCUT2D eigenvalue weighted by molar-refractivity contribution is 9.10. The molecule has 0 saturated heterocycles. The van der Waals surface area contributed by atoms with Gasteiger partial charge in [0.25, 0.3) is 0 Å². The molecule has 0 fully saturated rings. The van der Waals surface area contributed by atoms with E-state index in [-0.39, 0.29) is 0 Å². The first-order valence-electron chi connectivity index (χ1n) is 6.54. The maximum atomic E-state index is 5.91. The summed E-state index contributed by atoms with van der Waals surface area (Å²) in [6.45, 7) is 9.80. The molecule has 1 rings (SSSR count). The lowest BCUT2D eigenvalue weighted by molar-refractivity contribution is 0.298. The van der Waals surface area contributed by atoms with Gasteiger partial charge in [-0.1, -0.05) is 47.4 Å². The predicted octanol–water partition coefficient (Wildman–Crippen LogP) is 3.92. The molecule has 1 aromatic rings. The van der Waals surface area contributed by atoms with Crippen molar-refractivity contribution in [2.75, 3.05) is 26.2 Å². The quantitative estimate of drug-likeness (QED) is 0.725. The van der Waals surface area contributed by atoms with Crippen LogP contribution in [0.25, 0.3) is 0 Å². The van der Waals surface area contributed by atoms with Gasteiger partial charge < -0.3 is 10.2 Å². The van der Waals surface area contributed by atoms with Gasteiger partial charge in [0.1, 0.15) is 0 Å². The second-order valence-corrected chi connectivity index (χ2v) is 5.58. The van der Waals surface area contributed by atoms with Crippen molar-refractivity contribution in [1.82, 2.24) is 10.2 Å². The van der Waals surface area contributed by atoms with E-state index in [9.17, 15) is 0 Å². The summed E-state index contributed by atoms with van der Waals surface area (Å²) in [5.41, 5.74) is 1.25. The second-order valence-electron chi connectivity index (χ2n) is 4.29. The van der Waals surface area contributed by atoms with Crippen LogP contribution in [0.1, 0.15) is 25.8 Å². The summed E-state index contributed by atoms with van der Waals surface area (Å²) in [7, 11) is 0. The highest BCUT2D eigenvalue weighted by atomic mass is 79.9. The Labute approximate surface area is 124 Å². The van der Waals surface area contributed by atoms with Gasteiger partial charge in [0.2, 0.25) is 0 Å². The fourth-order valence-corrected chi connectivity index (χ4v) is 2.68. The van der Waals surface area contributed by atoms with Crippen molar-refractivity contribution in [2.24, 2.45) is 0 Å². The van der Waals surface area contributed by atoms with E-state index in [0.717, 1.165) is 35.7 Å². The fourth-order valence-electron chi connectivity index (χ4n) is 1.86. The molecule has 0 bridgehead atoms. The number of halogens is 2. The molecule has 0 unspecified atom stereocenters. The first kappa shape index (κ1) is 16.0. The second kappa shape index (κ2) is 8.92. The Bertz CT molecular complexity index is 354. The van der Waals surface area contributed by atoms with E-state index in [1.54, 1.807) is 0 Å². The summed E-state index contributed by atoms with van der Waals surface area (Å²) >= 11 is 9.44. The van der Waals surface area contributed by atoms with Crippen molar-refractivity contribution >= 4 is 27.5 Å². The monoisotopic (exact) mass is 332 g/mol. The van der Waals surface area contributed by atoms with Gasteiger partial charge in [0, 0.05) is 16.0 Å². The van der Waals surface area contributed by atoms with Crippen molar-refractivity contribution in [3.8, 4) is 0 Å². The summed E-state index contributed by atoms with van der Waals surface area (Å²) in [4.78, 5) is 2.44. The summed E-state index contributed by atoms with van der Waals surface area (Å²) in [5.74, 6) is 0. The Balaban J connectivity index is 2.21. The molecule has 0 aliphatic carbocycles. The topological polar surface area (TPSA) is 15.3 Å². The molecule has 0 amide bonds. The SMILES string of the molecule is CCN(CC)CCCNCc1ccc(Cl)cc1Br. The molecular formula is C14H22BrClN2. The lowest BCUT2D eigenvalue weighted by Gasteiger charge is -2.17. The van der Waals surface area contributed by atoms with Crippen LogP contribution in [-0.2, 0) is 6.54 Å². The Morgan fingerprint density at radius 3 is 2.61 bits per heavy atom.